The third-order valence-electron chi connectivity index (χ3n) is 8.67. The van der Waals surface area contributed by atoms with Crippen LogP contribution in [0.2, 0.25) is 0 Å². The number of aromatic amines is 1. The first-order chi connectivity index (χ1) is 19.9. The zero-order valence-corrected chi connectivity index (χ0v) is 23.9. The Morgan fingerprint density at radius 1 is 0.780 bits per heavy atom. The van der Waals surface area contributed by atoms with Crippen molar-refractivity contribution in [2.24, 2.45) is 11.8 Å². The van der Waals surface area contributed by atoms with Crippen LogP contribution < -0.4 is 11.2 Å². The van der Waals surface area contributed by atoms with Crippen molar-refractivity contribution >= 4 is 21.1 Å². The largest absolute Gasteiger partial charge is 0.349 e. The quantitative estimate of drug-likeness (QED) is 0.331. The van der Waals surface area contributed by atoms with Crippen LogP contribution in [0, 0.1) is 11.8 Å². The monoisotopic (exact) mass is 573 g/mol. The number of hydrogen-bond donors (Lipinski definition) is 1. The molecule has 3 aliphatic rings. The third-order valence-corrected chi connectivity index (χ3v) is 10.6. The number of nitrogens with zero attached hydrogens (tertiary/aromatic N) is 4. The summed E-state index contributed by atoms with van der Waals surface area (Å²) in [7, 11) is -3.62. The maximum atomic E-state index is 13.4. The molecule has 2 saturated carbocycles. The van der Waals surface area contributed by atoms with Crippen LogP contribution in [-0.2, 0) is 29.7 Å². The first-order valence-electron chi connectivity index (χ1n) is 14.6. The van der Waals surface area contributed by atoms with Crippen molar-refractivity contribution in [2.75, 3.05) is 26.2 Å². The van der Waals surface area contributed by atoms with Crippen molar-refractivity contribution in [3.8, 4) is 11.3 Å². The highest BCUT2D eigenvalue weighted by molar-refractivity contribution is 7.89. The van der Waals surface area contributed by atoms with Gasteiger partial charge in [-0.1, -0.05) is 42.5 Å². The topological polar surface area (TPSA) is 100 Å². The summed E-state index contributed by atoms with van der Waals surface area (Å²) >= 11 is 0. The highest BCUT2D eigenvalue weighted by Crippen LogP contribution is 2.33. The second kappa shape index (κ2) is 10.4. The van der Waals surface area contributed by atoms with Gasteiger partial charge in [0.2, 0.25) is 10.0 Å². The Balaban J connectivity index is 1.12. The van der Waals surface area contributed by atoms with Crippen molar-refractivity contribution in [3.63, 3.8) is 0 Å². The number of piperazine rings is 1. The van der Waals surface area contributed by atoms with E-state index in [0.717, 1.165) is 37.8 Å². The number of fused-ring (bicyclic) bond motifs is 1. The average Bonchev–Trinajstić information content (AvgIpc) is 3.93. The minimum Gasteiger partial charge on any atom is -0.349 e. The summed E-state index contributed by atoms with van der Waals surface area (Å²) in [6.45, 7) is 4.17. The molecule has 41 heavy (non-hydrogen) atoms. The van der Waals surface area contributed by atoms with Crippen LogP contribution in [0.3, 0.4) is 0 Å². The van der Waals surface area contributed by atoms with Crippen LogP contribution >= 0.6 is 0 Å². The summed E-state index contributed by atoms with van der Waals surface area (Å²) in [6, 6.07) is 18.9. The standard InChI is InChI=1S/C31H35N5O4S/c37-30-29-28(35(20-23-6-7-23)31(38)36(30)21-24-8-9-24)18-27(32-29)25-10-12-26(13-11-25)41(39,40)34-16-14-33(15-17-34)19-22-4-2-1-3-5-22/h1-5,10-13,18,23-24,32H,6-9,14-17,19-21H2. The lowest BCUT2D eigenvalue weighted by Crippen LogP contribution is -2.48. The summed E-state index contributed by atoms with van der Waals surface area (Å²) in [4.78, 5) is 32.5. The van der Waals surface area contributed by atoms with Crippen molar-refractivity contribution in [1.82, 2.24) is 23.3 Å². The Labute approximate surface area is 239 Å². The van der Waals surface area contributed by atoms with Crippen LogP contribution in [0.25, 0.3) is 22.3 Å². The Kier molecular flexibility index (Phi) is 6.72. The van der Waals surface area contributed by atoms with Gasteiger partial charge in [0, 0.05) is 51.5 Å². The Morgan fingerprint density at radius 2 is 1.41 bits per heavy atom. The number of nitrogens with one attached hydrogen (secondary N) is 1. The number of aromatic nitrogens is 3. The molecule has 10 heteroatoms. The molecule has 214 valence electrons. The average molecular weight is 574 g/mol. The van der Waals surface area contributed by atoms with Gasteiger partial charge in [0.15, 0.2) is 0 Å². The first kappa shape index (κ1) is 26.4. The summed E-state index contributed by atoms with van der Waals surface area (Å²) in [5.74, 6) is 0.883. The van der Waals surface area contributed by atoms with Gasteiger partial charge in [-0.3, -0.25) is 18.8 Å². The lowest BCUT2D eigenvalue weighted by atomic mass is 10.1. The molecular weight excluding hydrogens is 538 g/mol. The molecule has 0 radical (unpaired) electrons. The van der Waals surface area contributed by atoms with Gasteiger partial charge in [-0.05, 0) is 66.8 Å². The molecule has 0 atom stereocenters. The SMILES string of the molecule is O=c1c2[nH]c(-c3ccc(S(=O)(=O)N4CCN(Cc5ccccc5)CC4)cc3)cc2n(CC2CC2)c(=O)n1CC1CC1. The molecule has 0 unspecified atom stereocenters. The van der Waals surface area contributed by atoms with E-state index in [9.17, 15) is 18.0 Å². The predicted molar refractivity (Wildman–Crippen MR) is 158 cm³/mol. The van der Waals surface area contributed by atoms with Gasteiger partial charge >= 0.3 is 5.69 Å². The third kappa shape index (κ3) is 5.31. The van der Waals surface area contributed by atoms with Crippen LogP contribution in [0.5, 0.6) is 0 Å². The molecule has 3 heterocycles. The highest BCUT2D eigenvalue weighted by Gasteiger charge is 2.30. The Morgan fingerprint density at radius 3 is 2.05 bits per heavy atom. The van der Waals surface area contributed by atoms with E-state index in [-0.39, 0.29) is 16.1 Å². The minimum atomic E-state index is -3.62. The minimum absolute atomic E-state index is 0.225. The molecule has 4 aromatic rings. The van der Waals surface area contributed by atoms with Crippen molar-refractivity contribution in [1.29, 1.82) is 0 Å². The number of sulfonamides is 1. The normalized spacial score (nSPS) is 18.7. The summed E-state index contributed by atoms with van der Waals surface area (Å²) in [5, 5.41) is 0. The van der Waals surface area contributed by atoms with E-state index in [0.29, 0.717) is 67.8 Å². The fourth-order valence-electron chi connectivity index (χ4n) is 5.83. The lowest BCUT2D eigenvalue weighted by Gasteiger charge is -2.34. The van der Waals surface area contributed by atoms with Crippen LogP contribution in [0.1, 0.15) is 31.2 Å². The maximum absolute atomic E-state index is 13.4. The second-order valence-electron chi connectivity index (χ2n) is 11.8. The number of hydrogen-bond acceptors (Lipinski definition) is 5. The van der Waals surface area contributed by atoms with Gasteiger partial charge in [0.25, 0.3) is 5.56 Å². The lowest BCUT2D eigenvalue weighted by molar-refractivity contribution is 0.181. The molecule has 2 aliphatic carbocycles. The molecule has 0 spiro atoms. The van der Waals surface area contributed by atoms with Gasteiger partial charge in [-0.2, -0.15) is 4.31 Å². The maximum Gasteiger partial charge on any atom is 0.331 e. The molecule has 1 saturated heterocycles. The zero-order valence-electron chi connectivity index (χ0n) is 23.0. The fraction of sp³-hybridized carbons (Fsp3) is 0.419. The van der Waals surface area contributed by atoms with E-state index < -0.39 is 10.0 Å². The summed E-state index contributed by atoms with van der Waals surface area (Å²) in [5.41, 5.74) is 3.25. The van der Waals surface area contributed by atoms with Gasteiger partial charge in [0.05, 0.1) is 10.4 Å². The molecule has 1 N–H and O–H groups in total. The van der Waals surface area contributed by atoms with E-state index in [2.05, 4.69) is 22.0 Å². The molecule has 1 aliphatic heterocycles. The van der Waals surface area contributed by atoms with E-state index in [1.807, 2.05) is 24.3 Å². The molecule has 3 fully saturated rings. The first-order valence-corrected chi connectivity index (χ1v) is 16.0. The van der Waals surface area contributed by atoms with Crippen molar-refractivity contribution < 1.29 is 8.42 Å². The smallest absolute Gasteiger partial charge is 0.331 e. The Hall–Kier alpha value is -3.47. The van der Waals surface area contributed by atoms with Gasteiger partial charge in [-0.15, -0.1) is 0 Å². The molecule has 7 rings (SSSR count). The van der Waals surface area contributed by atoms with E-state index in [1.165, 1.54) is 10.1 Å². The van der Waals surface area contributed by atoms with Gasteiger partial charge in [0.1, 0.15) is 5.52 Å². The molecule has 9 nitrogen and oxygen atoms in total. The van der Waals surface area contributed by atoms with Gasteiger partial charge < -0.3 is 4.98 Å². The fourth-order valence-corrected chi connectivity index (χ4v) is 7.25. The summed E-state index contributed by atoms with van der Waals surface area (Å²) < 4.78 is 31.6. The van der Waals surface area contributed by atoms with Crippen molar-refractivity contribution in [3.05, 3.63) is 87.1 Å². The van der Waals surface area contributed by atoms with E-state index in [4.69, 9.17) is 0 Å². The second-order valence-corrected chi connectivity index (χ2v) is 13.8. The van der Waals surface area contributed by atoms with Crippen molar-refractivity contribution in [2.45, 2.75) is 50.2 Å². The molecule has 2 aromatic heterocycles. The molecule has 0 bridgehead atoms. The van der Waals surface area contributed by atoms with Crippen LogP contribution in [-0.4, -0.2) is 57.9 Å². The van der Waals surface area contributed by atoms with Crippen LogP contribution in [0.15, 0.2) is 75.1 Å². The van der Waals surface area contributed by atoms with E-state index >= 15 is 0 Å². The number of rotatable bonds is 9. The molecular formula is C31H35N5O4S. The Bertz CT molecular complexity index is 1790. The number of H-pyrrole nitrogens is 1. The zero-order chi connectivity index (χ0) is 28.1. The van der Waals surface area contributed by atoms with Gasteiger partial charge in [-0.25, -0.2) is 13.2 Å². The van der Waals surface area contributed by atoms with E-state index in [1.54, 1.807) is 33.1 Å². The predicted octanol–water partition coefficient (Wildman–Crippen LogP) is 3.48. The number of benzene rings is 2. The molecule has 2 aromatic carbocycles. The van der Waals surface area contributed by atoms with Crippen LogP contribution in [0.4, 0.5) is 0 Å². The summed E-state index contributed by atoms with van der Waals surface area (Å²) in [6.07, 6.45) is 4.32. The highest BCUT2D eigenvalue weighted by atomic mass is 32.2. The molecule has 0 amide bonds.